The van der Waals surface area contributed by atoms with E-state index in [1.807, 2.05) is 11.8 Å². The number of nitrogens with zero attached hydrogens (tertiary/aromatic N) is 1. The average Bonchev–Trinajstić information content (AvgIpc) is 3.74. The van der Waals surface area contributed by atoms with E-state index in [9.17, 15) is 52.6 Å². The lowest BCUT2D eigenvalue weighted by Gasteiger charge is -2.19. The van der Waals surface area contributed by atoms with Crippen molar-refractivity contribution in [2.24, 2.45) is 0 Å². The molecule has 3 saturated heterocycles. The van der Waals surface area contributed by atoms with E-state index in [4.69, 9.17) is 14.5 Å². The predicted octanol–water partition coefficient (Wildman–Crippen LogP) is 0.103. The maximum absolute atomic E-state index is 12.5. The molecule has 4 heterocycles. The summed E-state index contributed by atoms with van der Waals surface area (Å²) < 4.78 is 52.4. The molecule has 27 heteroatoms. The van der Waals surface area contributed by atoms with Crippen LogP contribution in [0.3, 0.4) is 0 Å². The molecule has 0 aliphatic carbocycles. The van der Waals surface area contributed by atoms with Gasteiger partial charge in [0.15, 0.2) is 0 Å². The van der Waals surface area contributed by atoms with Crippen molar-refractivity contribution in [2.75, 3.05) is 18.9 Å². The summed E-state index contributed by atoms with van der Waals surface area (Å²) in [5.74, 6) is 0.616. The molecule has 0 bridgehead atoms. The summed E-state index contributed by atoms with van der Waals surface area (Å²) in [6.45, 7) is -0.445. The van der Waals surface area contributed by atoms with Gasteiger partial charge in [0.2, 0.25) is 11.8 Å². The second kappa shape index (κ2) is 20.1. The molecule has 2 unspecified atom stereocenters. The minimum Gasteiger partial charge on any atom is -0.390 e. The van der Waals surface area contributed by atoms with E-state index in [0.29, 0.717) is 37.5 Å². The summed E-state index contributed by atoms with van der Waals surface area (Å²) in [4.78, 5) is 99.0. The number of aromatic nitrogens is 2. The molecule has 0 radical (unpaired) electrons. The molecule has 310 valence electrons. The van der Waals surface area contributed by atoms with Gasteiger partial charge in [0.05, 0.1) is 24.8 Å². The molecular formula is C28H45N6O17P3S. The van der Waals surface area contributed by atoms with Gasteiger partial charge in [0, 0.05) is 54.8 Å². The molecule has 1 aromatic heterocycles. The first-order valence-electron chi connectivity index (χ1n) is 17.2. The van der Waals surface area contributed by atoms with E-state index in [1.54, 1.807) is 0 Å². The number of fused-ring (bicyclic) bond motifs is 1. The lowest BCUT2D eigenvalue weighted by atomic mass is 10.0. The van der Waals surface area contributed by atoms with Crippen LogP contribution < -0.4 is 32.5 Å². The van der Waals surface area contributed by atoms with Crippen LogP contribution >= 0.6 is 35.2 Å². The van der Waals surface area contributed by atoms with Gasteiger partial charge in [0.1, 0.15) is 12.3 Å². The fourth-order valence-electron chi connectivity index (χ4n) is 5.98. The highest BCUT2D eigenvalue weighted by molar-refractivity contribution is 8.00. The molecular weight excluding hydrogens is 817 g/mol. The number of aliphatic hydroxyl groups is 1. The van der Waals surface area contributed by atoms with Crippen molar-refractivity contribution in [2.45, 2.75) is 100.0 Å². The number of aromatic amines is 1. The van der Waals surface area contributed by atoms with Crippen LogP contribution in [0.2, 0.25) is 0 Å². The zero-order valence-corrected chi connectivity index (χ0v) is 32.7. The predicted molar refractivity (Wildman–Crippen MR) is 192 cm³/mol. The fraction of sp³-hybridized carbons (Fsp3) is 0.679. The number of unbranched alkanes of at least 4 members (excludes halogenated alkanes) is 3. The molecule has 4 rings (SSSR count). The minimum atomic E-state index is -5.76. The van der Waals surface area contributed by atoms with Crippen molar-refractivity contribution < 1.29 is 70.6 Å². The van der Waals surface area contributed by atoms with Crippen molar-refractivity contribution in [3.8, 4) is 0 Å². The van der Waals surface area contributed by atoms with E-state index in [1.165, 1.54) is 12.3 Å². The van der Waals surface area contributed by atoms with Crippen molar-refractivity contribution in [1.29, 1.82) is 0 Å². The Morgan fingerprint density at radius 1 is 0.982 bits per heavy atom. The lowest BCUT2D eigenvalue weighted by Crippen LogP contribution is -2.36. The van der Waals surface area contributed by atoms with Crippen molar-refractivity contribution in [3.05, 3.63) is 44.9 Å². The van der Waals surface area contributed by atoms with Gasteiger partial charge in [-0.3, -0.25) is 28.5 Å². The van der Waals surface area contributed by atoms with Crippen LogP contribution in [-0.2, 0) is 47.6 Å². The molecule has 10 N–H and O–H groups in total. The highest BCUT2D eigenvalue weighted by Crippen LogP contribution is 2.66. The molecule has 3 fully saturated rings. The molecule has 8 atom stereocenters. The van der Waals surface area contributed by atoms with Gasteiger partial charge < -0.3 is 50.7 Å². The maximum Gasteiger partial charge on any atom is 0.490 e. The Kier molecular flexibility index (Phi) is 16.5. The first-order chi connectivity index (χ1) is 25.8. The van der Waals surface area contributed by atoms with Crippen LogP contribution in [0.1, 0.15) is 69.6 Å². The number of allylic oxidation sites excluding steroid dienone is 1. The first-order valence-corrected chi connectivity index (χ1v) is 22.7. The van der Waals surface area contributed by atoms with E-state index in [-0.39, 0.29) is 54.8 Å². The largest absolute Gasteiger partial charge is 0.490 e. The molecule has 3 aliphatic rings. The van der Waals surface area contributed by atoms with Crippen LogP contribution in [0.25, 0.3) is 0 Å². The number of phosphoric acid groups is 3. The number of carbonyl (C=O) groups excluding carboxylic acids is 3. The van der Waals surface area contributed by atoms with Crippen molar-refractivity contribution in [3.63, 3.8) is 0 Å². The number of hydrogen-bond donors (Lipinski definition) is 10. The second-order valence-electron chi connectivity index (χ2n) is 12.8. The molecule has 0 spiro atoms. The Balaban J connectivity index is 1.10. The van der Waals surface area contributed by atoms with Gasteiger partial charge in [0.25, 0.3) is 5.56 Å². The summed E-state index contributed by atoms with van der Waals surface area (Å²) in [7, 11) is -16.8. The van der Waals surface area contributed by atoms with Crippen LogP contribution in [0, 0.1) is 0 Å². The third-order valence-corrected chi connectivity index (χ3v) is 13.9. The Morgan fingerprint density at radius 3 is 2.45 bits per heavy atom. The number of hydrogen-bond acceptors (Lipinski definition) is 14. The number of thioether (sulfide) groups is 1. The normalized spacial score (nSPS) is 25.9. The maximum atomic E-state index is 12.5. The van der Waals surface area contributed by atoms with E-state index in [0.717, 1.165) is 35.8 Å². The molecule has 3 aliphatic heterocycles. The van der Waals surface area contributed by atoms with E-state index >= 15 is 0 Å². The average molecular weight is 863 g/mol. The minimum absolute atomic E-state index is 0.0184. The van der Waals surface area contributed by atoms with Gasteiger partial charge in [-0.05, 0) is 32.1 Å². The summed E-state index contributed by atoms with van der Waals surface area (Å²) >= 11 is 1.85. The number of nitrogens with one attached hydrogen (secondary N) is 5. The summed E-state index contributed by atoms with van der Waals surface area (Å²) in [5.41, 5.74) is -1.57. The first kappa shape index (κ1) is 45.0. The number of amides is 4. The number of rotatable bonds is 22. The number of aliphatic hydroxyl groups excluding tert-OH is 1. The SMILES string of the molecule is O=C(CCCCCNC(=O)CCCC[C@@H]1SC[C@@H]2NC(=O)N[C@@H]21)NC=CCc1cn([C@H]2C[C@H](O)[C@@H](COP(=O)(O)OP(=O)(O)OP(=O)(O)O)O2)c(=O)[nH]c1=O. The molecule has 0 saturated carbocycles. The highest BCUT2D eigenvalue weighted by atomic mass is 32.2. The molecule has 55 heavy (non-hydrogen) atoms. The third kappa shape index (κ3) is 15.0. The Hall–Kier alpha value is -2.69. The number of carbonyl (C=O) groups is 3. The quantitative estimate of drug-likeness (QED) is 0.0420. The number of phosphoric ester groups is 1. The number of H-pyrrole nitrogens is 1. The molecule has 4 amide bonds. The van der Waals surface area contributed by atoms with Gasteiger partial charge in [-0.2, -0.15) is 20.4 Å². The zero-order chi connectivity index (χ0) is 40.4. The second-order valence-corrected chi connectivity index (χ2v) is 18.5. The van der Waals surface area contributed by atoms with Crippen LogP contribution in [0.5, 0.6) is 0 Å². The lowest BCUT2D eigenvalue weighted by molar-refractivity contribution is -0.121. The molecule has 1 aromatic rings. The molecule has 0 aromatic carbocycles. The monoisotopic (exact) mass is 862 g/mol. The summed E-state index contributed by atoms with van der Waals surface area (Å²) in [6, 6.07) is 0.234. The Morgan fingerprint density at radius 2 is 1.71 bits per heavy atom. The highest BCUT2D eigenvalue weighted by Gasteiger charge is 2.44. The van der Waals surface area contributed by atoms with Gasteiger partial charge in [-0.1, -0.05) is 18.9 Å². The number of ether oxygens (including phenoxy) is 1. The van der Waals surface area contributed by atoms with Crippen molar-refractivity contribution >= 4 is 53.1 Å². The van der Waals surface area contributed by atoms with Crippen LogP contribution in [0.4, 0.5) is 4.79 Å². The number of urea groups is 1. The summed E-state index contributed by atoms with van der Waals surface area (Å²) in [5, 5.41) is 22.1. The fourth-order valence-corrected chi connectivity index (χ4v) is 10.6. The van der Waals surface area contributed by atoms with E-state index in [2.05, 4.69) is 39.4 Å². The van der Waals surface area contributed by atoms with Crippen molar-refractivity contribution in [1.82, 2.24) is 30.8 Å². The summed E-state index contributed by atoms with van der Waals surface area (Å²) in [6.07, 6.45) is 4.93. The van der Waals surface area contributed by atoms with Gasteiger partial charge in [-0.25, -0.2) is 23.3 Å². The van der Waals surface area contributed by atoms with Gasteiger partial charge >= 0.3 is 35.2 Å². The molecule has 23 nitrogen and oxygen atoms in total. The zero-order valence-electron chi connectivity index (χ0n) is 29.2. The van der Waals surface area contributed by atoms with Gasteiger partial charge in [-0.15, -0.1) is 0 Å². The third-order valence-electron chi connectivity index (χ3n) is 8.56. The topological polar surface area (TPSA) is 343 Å². The standard InChI is InChI=1S/C28H45N6O17P3S/c35-19-13-24(49-20(19)15-48-53(44,45)51-54(46,47)50-52(41,42)43)34-14-17(26(38)33-28(34)40)7-6-12-30-22(36)9-2-1-5-11-29-23(37)10-4-3-8-21-25-18(16-55-21)31-27(39)32-25/h6,12,14,18-21,24-25,35H,1-5,7-11,13,15-16H2,(H,29,37)(H,30,36)(H,44,45)(H,46,47)(H2,31,32,39)(H,33,38,40)(H2,41,42,43)/t18-,19-,20+,21-,24+,25-/m0/s1. The van der Waals surface area contributed by atoms with Crippen LogP contribution in [-0.4, -0.2) is 101 Å². The Bertz CT molecular complexity index is 1820. The van der Waals surface area contributed by atoms with Crippen LogP contribution in [0.15, 0.2) is 28.1 Å². The van der Waals surface area contributed by atoms with E-state index < -0.39 is 59.8 Å². The smallest absolute Gasteiger partial charge is 0.390 e. The Labute approximate surface area is 317 Å².